The number of carbonyl (C=O) groups excluding carboxylic acids is 4. The molecule has 0 saturated carbocycles. The quantitative estimate of drug-likeness (QED) is 0.0462. The van der Waals surface area contributed by atoms with Crippen molar-refractivity contribution >= 4 is 23.9 Å². The minimum Gasteiger partial charge on any atom is -0.496 e. The minimum atomic E-state index is -0.883. The van der Waals surface area contributed by atoms with Gasteiger partial charge in [-0.05, 0) is 160 Å². The van der Waals surface area contributed by atoms with Crippen molar-refractivity contribution in [3.05, 3.63) is 73.1 Å². The van der Waals surface area contributed by atoms with Crippen molar-refractivity contribution in [2.45, 2.75) is 378 Å². The Labute approximate surface area is 535 Å². The van der Waals surface area contributed by atoms with E-state index in [9.17, 15) is 29.4 Å². The molecular weight excluding hydrogens is 1110 g/mol. The van der Waals surface area contributed by atoms with Gasteiger partial charge in [0.15, 0.2) is 0 Å². The van der Waals surface area contributed by atoms with E-state index < -0.39 is 12.2 Å². The number of carbonyl (C=O) groups is 4. The largest absolute Gasteiger partial charge is 0.496 e. The summed E-state index contributed by atoms with van der Waals surface area (Å²) in [6, 6.07) is 0. The molecule has 11 atom stereocenters. The van der Waals surface area contributed by atoms with Crippen LogP contribution in [0.15, 0.2) is 73.1 Å². The maximum Gasteiger partial charge on any atom is 0.306 e. The van der Waals surface area contributed by atoms with Gasteiger partial charge in [0.1, 0.15) is 30.5 Å². The van der Waals surface area contributed by atoms with E-state index in [4.69, 9.17) is 33.2 Å². The number of aliphatic hydroxyl groups excluding tert-OH is 2. The molecule has 504 valence electrons. The Morgan fingerprint density at radius 2 is 0.773 bits per heavy atom. The Morgan fingerprint density at radius 3 is 1.18 bits per heavy atom. The highest BCUT2D eigenvalue weighted by Gasteiger charge is 2.36. The van der Waals surface area contributed by atoms with E-state index in [2.05, 4.69) is 70.7 Å². The monoisotopic (exact) mass is 1230 g/mol. The second kappa shape index (κ2) is 51.6. The van der Waals surface area contributed by atoms with Gasteiger partial charge < -0.3 is 43.4 Å². The van der Waals surface area contributed by atoms with Crippen LogP contribution in [0.4, 0.5) is 0 Å². The molecule has 7 rings (SSSR count). The number of cyclic esters (lactones) is 4. The van der Waals surface area contributed by atoms with Gasteiger partial charge in [-0.1, -0.05) is 185 Å². The van der Waals surface area contributed by atoms with Crippen molar-refractivity contribution in [3.8, 4) is 0 Å². The second-order valence-corrected chi connectivity index (χ2v) is 25.6. The van der Waals surface area contributed by atoms with Gasteiger partial charge in [-0.3, -0.25) is 19.2 Å². The van der Waals surface area contributed by atoms with E-state index in [0.717, 1.165) is 153 Å². The third kappa shape index (κ3) is 42.9. The molecule has 7 fully saturated rings. The van der Waals surface area contributed by atoms with Crippen LogP contribution in [0.3, 0.4) is 0 Å². The van der Waals surface area contributed by atoms with Crippen LogP contribution in [0.2, 0.25) is 0 Å². The van der Waals surface area contributed by atoms with Crippen molar-refractivity contribution in [2.75, 3.05) is 0 Å². The van der Waals surface area contributed by atoms with Crippen molar-refractivity contribution in [1.82, 2.24) is 0 Å². The van der Waals surface area contributed by atoms with E-state index in [0.29, 0.717) is 50.4 Å². The molecule has 13 heteroatoms. The number of aliphatic hydroxyl groups is 2. The Morgan fingerprint density at radius 1 is 0.420 bits per heavy atom. The van der Waals surface area contributed by atoms with E-state index in [-0.39, 0.29) is 60.5 Å². The minimum absolute atomic E-state index is 0.00981. The Balaban J connectivity index is 0.000000294. The number of esters is 4. The molecule has 7 heterocycles. The van der Waals surface area contributed by atoms with Gasteiger partial charge in [-0.2, -0.15) is 0 Å². The number of hydrogen-bond acceptors (Lipinski definition) is 13. The maximum absolute atomic E-state index is 11.7. The molecule has 0 aliphatic carbocycles. The fourth-order valence-corrected chi connectivity index (χ4v) is 11.4. The lowest BCUT2D eigenvalue weighted by molar-refractivity contribution is -0.149. The first-order valence-electron chi connectivity index (χ1n) is 35.9. The fourth-order valence-electron chi connectivity index (χ4n) is 11.4. The van der Waals surface area contributed by atoms with Crippen molar-refractivity contribution in [2.24, 2.45) is 0 Å². The van der Waals surface area contributed by atoms with Crippen LogP contribution in [0, 0.1) is 0 Å². The molecular formula is C75H126O13. The number of rotatable bonds is 17. The van der Waals surface area contributed by atoms with Crippen LogP contribution in [-0.2, 0) is 52.3 Å². The summed E-state index contributed by atoms with van der Waals surface area (Å²) in [4.78, 5) is 46.2. The van der Waals surface area contributed by atoms with Crippen LogP contribution in [0.25, 0.3) is 0 Å². The van der Waals surface area contributed by atoms with E-state index >= 15 is 0 Å². The van der Waals surface area contributed by atoms with Gasteiger partial charge in [0.05, 0.1) is 42.4 Å². The SMILES string of the molecule is C=C1CCCCCCC[C@@H](C)O1.CC/C=C\C[C@@H]1O[C@H]1/C=C/[C@H]1CCCCCCCC(=O)O1.CC/C=C\C[C@H]1O[C@@H]1/C=C/[C@@H]1CCCCCCCC(=O)O1.CCCCCC(O)C(O)/C=C/C1CCCCCCCC(=O)O1.C[C@H]1CCCCCCCC(=O)O1. The number of epoxide rings is 2. The molecule has 13 nitrogen and oxygen atoms in total. The third-order valence-corrected chi connectivity index (χ3v) is 17.1. The number of hydrogen-bond donors (Lipinski definition) is 2. The summed E-state index contributed by atoms with van der Waals surface area (Å²) in [5.41, 5.74) is 0. The standard InChI is InChI=1S/C18H32O4.2C18H28O3.C11H20O.C10H18O2/c1-2-3-7-11-16(19)17(20)14-13-15-10-8-5-4-6-9-12-18(21)22-15;2*1-2-3-7-11-16-17(21-16)14-13-15-10-8-5-4-6-9-12-18(19)20-15;1-10-8-6-4-3-5-7-9-11(2)12-10;1-9-7-5-3-2-4-6-8-10(11)12-9/h13-17,19-20H,2-12H2,1H3;2*3,7,13-17H,2,4-6,8-12H2,1H3;11H,1,3-9H2,2H3;9H,2-8H2,1H3/b14-13+;2*7-3-,14-13+;;/t;2*15-,16+,17+;11-;9-/m.1010/s1. The lowest BCUT2D eigenvalue weighted by atomic mass is 10.0. The van der Waals surface area contributed by atoms with Crippen molar-refractivity contribution in [1.29, 1.82) is 0 Å². The summed E-state index contributed by atoms with van der Waals surface area (Å²) in [5, 5.41) is 19.9. The summed E-state index contributed by atoms with van der Waals surface area (Å²) in [6.07, 6.45) is 65.2. The normalized spacial score (nSPS) is 28.6. The highest BCUT2D eigenvalue weighted by Crippen LogP contribution is 2.30. The number of unbranched alkanes of at least 4 members (excludes halogenated alkanes) is 2. The lowest BCUT2D eigenvalue weighted by Crippen LogP contribution is -2.24. The summed E-state index contributed by atoms with van der Waals surface area (Å²) in [7, 11) is 0. The molecule has 88 heavy (non-hydrogen) atoms. The Hall–Kier alpha value is -4.04. The number of allylic oxidation sites excluding steroid dienone is 3. The zero-order valence-corrected chi connectivity index (χ0v) is 56.1. The number of ether oxygens (including phenoxy) is 7. The molecule has 7 aliphatic heterocycles. The van der Waals surface area contributed by atoms with Crippen molar-refractivity contribution < 1.29 is 62.5 Å². The van der Waals surface area contributed by atoms with Crippen molar-refractivity contribution in [3.63, 3.8) is 0 Å². The Kier molecular flexibility index (Phi) is 45.8. The molecule has 0 spiro atoms. The maximum atomic E-state index is 11.7. The van der Waals surface area contributed by atoms with Crippen LogP contribution in [-0.4, -0.2) is 101 Å². The third-order valence-electron chi connectivity index (χ3n) is 17.1. The lowest BCUT2D eigenvalue weighted by Gasteiger charge is -2.18. The molecule has 0 aromatic heterocycles. The topological polar surface area (TPSA) is 180 Å². The highest BCUT2D eigenvalue weighted by atomic mass is 16.6. The van der Waals surface area contributed by atoms with Crippen LogP contribution >= 0.6 is 0 Å². The summed E-state index contributed by atoms with van der Waals surface area (Å²) in [5.74, 6) is 0.722. The Bertz CT molecular complexity index is 1870. The zero-order chi connectivity index (χ0) is 63.7. The molecule has 7 aliphatic rings. The summed E-state index contributed by atoms with van der Waals surface area (Å²) >= 11 is 0. The molecule has 3 unspecified atom stereocenters. The molecule has 0 bridgehead atoms. The van der Waals surface area contributed by atoms with Crippen LogP contribution < -0.4 is 0 Å². The molecule has 2 N–H and O–H groups in total. The first kappa shape index (κ1) is 78.2. The van der Waals surface area contributed by atoms with E-state index in [1.165, 1.54) is 96.3 Å². The summed E-state index contributed by atoms with van der Waals surface area (Å²) < 4.78 is 38.6. The highest BCUT2D eigenvalue weighted by molar-refractivity contribution is 5.70. The van der Waals surface area contributed by atoms with Crippen LogP contribution in [0.5, 0.6) is 0 Å². The smallest absolute Gasteiger partial charge is 0.306 e. The summed E-state index contributed by atoms with van der Waals surface area (Å²) in [6.45, 7) is 14.4. The van der Waals surface area contributed by atoms with Gasteiger partial charge in [0.2, 0.25) is 0 Å². The molecule has 7 saturated heterocycles. The first-order chi connectivity index (χ1) is 42.8. The molecule has 0 amide bonds. The predicted octanol–water partition coefficient (Wildman–Crippen LogP) is 18.5. The van der Waals surface area contributed by atoms with Gasteiger partial charge in [-0.25, -0.2) is 0 Å². The molecule has 0 aromatic rings. The van der Waals surface area contributed by atoms with Crippen LogP contribution in [0.1, 0.15) is 311 Å². The second-order valence-electron chi connectivity index (χ2n) is 25.6. The van der Waals surface area contributed by atoms with Gasteiger partial charge in [-0.15, -0.1) is 0 Å². The van der Waals surface area contributed by atoms with E-state index in [1.807, 2.05) is 19.1 Å². The molecule has 0 aromatic carbocycles. The van der Waals surface area contributed by atoms with Gasteiger partial charge in [0, 0.05) is 32.1 Å². The fraction of sp³-hybridized carbons (Fsp3) is 0.787. The van der Waals surface area contributed by atoms with Gasteiger partial charge in [0.25, 0.3) is 0 Å². The average Bonchev–Trinajstić information content (AvgIpc) is 3.78. The predicted molar refractivity (Wildman–Crippen MR) is 355 cm³/mol. The zero-order valence-electron chi connectivity index (χ0n) is 56.1. The van der Waals surface area contributed by atoms with E-state index in [1.54, 1.807) is 12.2 Å². The molecule has 0 radical (unpaired) electrons. The average molecular weight is 1240 g/mol. The van der Waals surface area contributed by atoms with Gasteiger partial charge >= 0.3 is 23.9 Å². The first-order valence-corrected chi connectivity index (χ1v) is 35.9.